The number of fused-ring (bicyclic) bond motifs is 6. The van der Waals surface area contributed by atoms with Crippen LogP contribution < -0.4 is 63.2 Å². The third kappa shape index (κ3) is 27.1. The third-order valence-electron chi connectivity index (χ3n) is 22.3. The molecular formula is C86H116ClN13O19S3. The maximum atomic E-state index is 15.3. The maximum Gasteiger partial charge on any atom is 0.409 e. The number of hydrogen-bond donors (Lipinski definition) is 15. The van der Waals surface area contributed by atoms with E-state index in [4.69, 9.17) is 36.3 Å². The van der Waals surface area contributed by atoms with Crippen LogP contribution in [-0.2, 0) is 87.8 Å². The zero-order chi connectivity index (χ0) is 88.5. The topological polar surface area (TPSA) is 465 Å². The van der Waals surface area contributed by atoms with Gasteiger partial charge in [-0.1, -0.05) is 143 Å². The Balaban J connectivity index is 0.907. The number of ether oxygens (including phenoxy) is 4. The Hall–Kier alpha value is -9.27. The van der Waals surface area contributed by atoms with Crippen LogP contribution in [0.2, 0.25) is 5.02 Å². The molecule has 10 amide bonds. The fourth-order valence-corrected chi connectivity index (χ4v) is 18.2. The maximum absolute atomic E-state index is 15.3. The lowest BCUT2D eigenvalue weighted by Gasteiger charge is -2.39. The number of carbonyl (C=O) groups is 11. The average molecular weight is 1770 g/mol. The number of esters is 1. The number of carbonyl (C=O) groups excluding carboxylic acids is 11. The van der Waals surface area contributed by atoms with Crippen LogP contribution in [0.5, 0.6) is 5.75 Å². The molecule has 4 aliphatic rings. The van der Waals surface area contributed by atoms with Crippen molar-refractivity contribution in [3.8, 4) is 5.75 Å². The minimum atomic E-state index is -1.73. The number of epoxide rings is 1. The van der Waals surface area contributed by atoms with E-state index >= 15 is 19.2 Å². The molecule has 0 aliphatic carbocycles. The number of para-hydroxylation sites is 1. The van der Waals surface area contributed by atoms with Crippen molar-refractivity contribution in [1.29, 1.82) is 0 Å². The number of nitrogens with one attached hydrogen (secondary N) is 10. The standard InChI is InChI=1S/C86H116ClN13O19S3/c1-49-23-18-20-32-86(115)44-69(117-84(114)98-86)50(2)75-85(6,119-75)70(43-72(105)100(8)67-40-56(37-49)41-68(116-9)73(67)87)118-83(113)51(3)99(7)71(104)31-36-120-35-22-34-89-61(38-54-24-12-10-13-25-54)77(107)95-65-47-121-122-48-66(81(111)94-64(46-101)52(4)102)96-82(112)74(53(5)103)97-76(106)60(30-19-21-33-88)91-79(109)63(42-57-45-90-59-29-17-16-28-58(57)59)93-78(108)62(92-80(65)110)39-55-26-14-11-15-27-55/h10-18,20,23-29,40-41,45,50-53,60-66,69-70,74-75,89-90,101-103,115H,19,21-22,30-39,42-44,46-48,88H2,1-9H3,(H,91,109)(H,92,110)(H,93,108)(H,94,111)(H,95,107)(H,96,112)(H,97,106)(H,98,114)/b20-18+,49-23+/t50-,51+,52-,53-,60+,61-,62+,63-,64-,65+,66+,69+,70+,74+,75+,85+,86-/m1/s1. The number of aliphatic hydroxyl groups is 4. The molecule has 32 nitrogen and oxygen atoms in total. The highest BCUT2D eigenvalue weighted by Gasteiger charge is 2.64. The molecule has 0 radical (unpaired) electrons. The Labute approximate surface area is 727 Å². The quantitative estimate of drug-likeness (QED) is 0.0138. The number of halogens is 1. The van der Waals surface area contributed by atoms with Crippen molar-refractivity contribution in [3.63, 3.8) is 0 Å². The number of likely N-dealkylation sites (N-methyl/N-ethyl adjacent to an activating group) is 1. The number of anilines is 1. The van der Waals surface area contributed by atoms with E-state index in [0.29, 0.717) is 59.8 Å². The number of unbranched alkanes of at least 4 members (excludes halogenated alkanes) is 1. The van der Waals surface area contributed by atoms with Gasteiger partial charge >= 0.3 is 12.1 Å². The molecule has 0 unspecified atom stereocenters. The summed E-state index contributed by atoms with van der Waals surface area (Å²) in [6, 6.07) is 16.5. The lowest BCUT2D eigenvalue weighted by molar-refractivity contribution is -0.162. The third-order valence-corrected chi connectivity index (χ3v) is 26.2. The number of allylic oxidation sites excluding steroid dienone is 3. The van der Waals surface area contributed by atoms with Gasteiger partial charge in [0.1, 0.15) is 76.6 Å². The van der Waals surface area contributed by atoms with Crippen molar-refractivity contribution in [2.45, 2.75) is 215 Å². The Bertz CT molecular complexity index is 4510. The Morgan fingerprint density at radius 2 is 1.49 bits per heavy atom. The number of aromatic nitrogens is 1. The van der Waals surface area contributed by atoms with Gasteiger partial charge < -0.3 is 102 Å². The van der Waals surface area contributed by atoms with Crippen molar-refractivity contribution in [2.75, 3.05) is 68.8 Å². The minimum Gasteiger partial charge on any atom is -0.495 e. The van der Waals surface area contributed by atoms with Gasteiger partial charge in [-0.05, 0) is 132 Å². The van der Waals surface area contributed by atoms with Crippen molar-refractivity contribution in [1.82, 2.24) is 57.7 Å². The molecule has 0 spiro atoms. The van der Waals surface area contributed by atoms with E-state index in [9.17, 15) is 54.0 Å². The summed E-state index contributed by atoms with van der Waals surface area (Å²) in [5.41, 5.74) is 7.61. The molecule has 9 rings (SSSR count). The van der Waals surface area contributed by atoms with Crippen molar-refractivity contribution < 1.29 is 92.1 Å². The summed E-state index contributed by atoms with van der Waals surface area (Å²) in [6.07, 6.45) is 1.70. The smallest absolute Gasteiger partial charge is 0.409 e. The predicted molar refractivity (Wildman–Crippen MR) is 467 cm³/mol. The van der Waals surface area contributed by atoms with Crippen LogP contribution in [-0.4, -0.2) is 256 Å². The van der Waals surface area contributed by atoms with Crippen molar-refractivity contribution >= 4 is 127 Å². The van der Waals surface area contributed by atoms with E-state index < -0.39 is 180 Å². The highest BCUT2D eigenvalue weighted by molar-refractivity contribution is 8.76. The summed E-state index contributed by atoms with van der Waals surface area (Å²) < 4.78 is 24.0. The number of hydrogen-bond acceptors (Lipinski definition) is 24. The van der Waals surface area contributed by atoms with Crippen molar-refractivity contribution in [2.24, 2.45) is 11.7 Å². The number of rotatable bonds is 29. The Morgan fingerprint density at radius 3 is 2.18 bits per heavy atom. The monoisotopic (exact) mass is 1770 g/mol. The molecule has 1 aromatic heterocycles. The van der Waals surface area contributed by atoms with E-state index in [1.165, 1.54) is 56.5 Å². The molecular weight excluding hydrogens is 1650 g/mol. The molecule has 3 saturated heterocycles. The van der Waals surface area contributed by atoms with Crippen LogP contribution in [0.25, 0.3) is 10.9 Å². The lowest BCUT2D eigenvalue weighted by Crippen LogP contribution is -2.62. The number of H-pyrrole nitrogens is 1. The summed E-state index contributed by atoms with van der Waals surface area (Å²) >= 11 is 8.34. The SMILES string of the molecule is COc1cc2cc(c1Cl)N(C)C(=O)C[C@H](OC(=O)[C@H](C)N(C)C(=O)CCSCCCN[C@H](Cc1ccccc1)C(=O)N[C@H]1CSSC[C@@H](C(=O)N[C@H](CO)[C@@H](C)O)NC(=O)[C@H]([C@@H](C)O)NC(=O)[C@H](CCCCN)NC(=O)[C@@H](Cc3c[nH]c4ccccc34)NC(=O)[C@H](Cc3ccccc3)NC1=O)[C@]1(C)O[C@H]1[C@H](C)[C@@H]1C[C@](O)(C/C=C/C=C(\C)C2)NC(=O)O1. The first kappa shape index (κ1) is 96.5. The van der Waals surface area contributed by atoms with Gasteiger partial charge in [-0.25, -0.2) is 9.59 Å². The predicted octanol–water partition coefficient (Wildman–Crippen LogP) is 4.24. The first-order valence-electron chi connectivity index (χ1n) is 41.0. The van der Waals surface area contributed by atoms with E-state index in [0.717, 1.165) is 49.2 Å². The van der Waals surface area contributed by atoms with E-state index in [2.05, 4.69) is 52.8 Å². The van der Waals surface area contributed by atoms with Crippen LogP contribution >= 0.6 is 45.0 Å². The summed E-state index contributed by atoms with van der Waals surface area (Å²) in [7, 11) is 6.49. The van der Waals surface area contributed by atoms with Crippen LogP contribution in [0.15, 0.2) is 127 Å². The molecule has 0 saturated carbocycles. The zero-order valence-electron chi connectivity index (χ0n) is 70.1. The van der Waals surface area contributed by atoms with E-state index in [-0.39, 0.29) is 74.6 Å². The molecule has 4 aliphatic heterocycles. The van der Waals surface area contributed by atoms with Gasteiger partial charge in [0.25, 0.3) is 0 Å². The first-order chi connectivity index (χ1) is 58.2. The molecule has 16 N–H and O–H groups in total. The van der Waals surface area contributed by atoms with Gasteiger partial charge in [-0.2, -0.15) is 11.8 Å². The number of aromatic amines is 1. The number of methoxy groups -OCH3 is 1. The molecule has 3 fully saturated rings. The fourth-order valence-electron chi connectivity index (χ4n) is 14.7. The fraction of sp³-hybridized carbons (Fsp3) is 0.523. The number of nitrogens with zero attached hydrogens (tertiary/aromatic N) is 2. The number of amides is 10. The van der Waals surface area contributed by atoms with E-state index in [1.807, 2.05) is 67.6 Å². The second-order valence-corrected chi connectivity index (χ2v) is 35.8. The van der Waals surface area contributed by atoms with Crippen LogP contribution in [0.4, 0.5) is 10.5 Å². The van der Waals surface area contributed by atoms with Gasteiger partial charge in [-0.15, -0.1) is 0 Å². The van der Waals surface area contributed by atoms with Gasteiger partial charge in [0.15, 0.2) is 0 Å². The second kappa shape index (κ2) is 45.9. The number of benzene rings is 4. The molecule has 17 atom stereocenters. The largest absolute Gasteiger partial charge is 0.495 e. The first-order valence-corrected chi connectivity index (χ1v) is 45.0. The van der Waals surface area contributed by atoms with E-state index in [1.54, 1.807) is 81.7 Å². The van der Waals surface area contributed by atoms with Crippen LogP contribution in [0.3, 0.4) is 0 Å². The number of aliphatic hydroxyl groups excluding tert-OH is 3. The molecule has 122 heavy (non-hydrogen) atoms. The number of alkyl carbamates (subject to hydrolysis) is 1. The second-order valence-electron chi connectivity index (χ2n) is 31.7. The van der Waals surface area contributed by atoms with Gasteiger partial charge in [0.05, 0.1) is 56.2 Å². The summed E-state index contributed by atoms with van der Waals surface area (Å²) in [5, 5.41) is 69.5. The zero-order valence-corrected chi connectivity index (χ0v) is 73.3. The number of thioether (sulfide) groups is 1. The molecule has 4 bridgehead atoms. The van der Waals surface area contributed by atoms with Crippen LogP contribution in [0.1, 0.15) is 115 Å². The highest BCUT2D eigenvalue weighted by atomic mass is 35.5. The van der Waals surface area contributed by atoms with Gasteiger partial charge in [0.2, 0.25) is 53.2 Å². The molecule has 5 aromatic rings. The summed E-state index contributed by atoms with van der Waals surface area (Å²) in [5.74, 6) is -7.55. The number of nitrogens with two attached hydrogens (primary N) is 1. The summed E-state index contributed by atoms with van der Waals surface area (Å²) in [4.78, 5) is 166. The lowest BCUT2D eigenvalue weighted by atomic mass is 9.84. The molecule has 4 aromatic carbocycles. The molecule has 36 heteroatoms. The average Bonchev–Trinajstić information content (AvgIpc) is 1.57. The minimum absolute atomic E-state index is 0.00221. The Kier molecular flexibility index (Phi) is 36.3. The van der Waals surface area contributed by atoms with Gasteiger partial charge in [0, 0.05) is 86.5 Å². The van der Waals surface area contributed by atoms with Crippen LogP contribution in [0, 0.1) is 5.92 Å². The van der Waals surface area contributed by atoms with Gasteiger partial charge in [-0.3, -0.25) is 48.5 Å². The molecule has 5 heterocycles. The molecule has 664 valence electrons. The summed E-state index contributed by atoms with van der Waals surface area (Å²) in [6.45, 7) is 9.27. The highest BCUT2D eigenvalue weighted by Crippen LogP contribution is 2.49. The Morgan fingerprint density at radius 1 is 0.828 bits per heavy atom. The van der Waals surface area contributed by atoms with Crippen molar-refractivity contribution in [3.05, 3.63) is 154 Å². The normalized spacial score (nSPS) is 26.2.